The Morgan fingerprint density at radius 2 is 2.17 bits per heavy atom. The van der Waals surface area contributed by atoms with E-state index in [1.54, 1.807) is 0 Å². The van der Waals surface area contributed by atoms with Crippen molar-refractivity contribution in [3.05, 3.63) is 52.4 Å². The molecule has 23 heavy (non-hydrogen) atoms. The van der Waals surface area contributed by atoms with Gasteiger partial charge in [0.2, 0.25) is 0 Å². The maximum atomic E-state index is 12.5. The molecular formula is C18H23N3O2. The first-order valence-electron chi connectivity index (χ1n) is 8.08. The molecule has 0 saturated carbocycles. The average Bonchev–Trinajstić information content (AvgIpc) is 2.89. The maximum absolute atomic E-state index is 12.5. The third-order valence-corrected chi connectivity index (χ3v) is 4.72. The molecule has 3 rings (SSSR count). The van der Waals surface area contributed by atoms with Crippen LogP contribution in [0.25, 0.3) is 0 Å². The molecule has 5 heteroatoms. The molecule has 1 aliphatic carbocycles. The summed E-state index contributed by atoms with van der Waals surface area (Å²) in [5.74, 6) is 0.758. The molecule has 0 unspecified atom stereocenters. The molecule has 0 fully saturated rings. The van der Waals surface area contributed by atoms with Crippen LogP contribution in [0.3, 0.4) is 0 Å². The van der Waals surface area contributed by atoms with Gasteiger partial charge in [-0.15, -0.1) is 0 Å². The molecule has 1 aromatic heterocycles. The highest BCUT2D eigenvalue weighted by atomic mass is 16.5. The van der Waals surface area contributed by atoms with Gasteiger partial charge in [0, 0.05) is 19.2 Å². The van der Waals surface area contributed by atoms with Gasteiger partial charge < -0.3 is 14.7 Å². The molecule has 1 N–H and O–H groups in total. The summed E-state index contributed by atoms with van der Waals surface area (Å²) in [6, 6.07) is 8.50. The minimum atomic E-state index is -0.0632. The number of amides is 2. The van der Waals surface area contributed by atoms with E-state index in [0.717, 1.165) is 36.3 Å². The Hall–Kier alpha value is -2.30. The fourth-order valence-corrected chi connectivity index (χ4v) is 3.32. The Morgan fingerprint density at radius 3 is 2.91 bits per heavy atom. The normalized spacial score (nSPS) is 16.7. The number of nitrogens with zero attached hydrogens (tertiary/aromatic N) is 2. The van der Waals surface area contributed by atoms with Crippen molar-refractivity contribution in [3.8, 4) is 0 Å². The van der Waals surface area contributed by atoms with Crippen molar-refractivity contribution in [1.29, 1.82) is 0 Å². The number of carbonyl (C=O) groups is 1. The van der Waals surface area contributed by atoms with E-state index in [2.05, 4.69) is 28.7 Å². The average molecular weight is 313 g/mol. The predicted octanol–water partition coefficient (Wildman–Crippen LogP) is 3.51. The third kappa shape index (κ3) is 3.09. The van der Waals surface area contributed by atoms with Crippen molar-refractivity contribution in [2.75, 3.05) is 7.05 Å². The number of carbonyl (C=O) groups excluding carboxylic acids is 1. The molecule has 1 aromatic carbocycles. The number of fused-ring (bicyclic) bond motifs is 1. The summed E-state index contributed by atoms with van der Waals surface area (Å²) in [6.07, 6.45) is 3.22. The molecule has 0 radical (unpaired) electrons. The number of hydrogen-bond donors (Lipinski definition) is 1. The molecule has 1 atom stereocenters. The first kappa shape index (κ1) is 15.6. The Balaban J connectivity index is 1.69. The number of aromatic nitrogens is 1. The van der Waals surface area contributed by atoms with Crippen LogP contribution in [0.5, 0.6) is 0 Å². The van der Waals surface area contributed by atoms with E-state index in [0.29, 0.717) is 6.54 Å². The minimum absolute atomic E-state index is 0.0632. The lowest BCUT2D eigenvalue weighted by molar-refractivity contribution is 0.183. The van der Waals surface area contributed by atoms with E-state index in [4.69, 9.17) is 4.52 Å². The Kier molecular flexibility index (Phi) is 4.37. The standard InChI is InChI=1S/C18H23N3O2/c1-12-16(13(2)23-20-12)11-19-18(22)21(3)17-10-6-8-14-7-4-5-9-15(14)17/h4-5,7,9,17H,6,8,10-11H2,1-3H3,(H,19,22)/t17-/m1/s1. The molecule has 122 valence electrons. The molecule has 1 heterocycles. The molecule has 0 spiro atoms. The second-order valence-corrected chi connectivity index (χ2v) is 6.18. The molecule has 0 saturated heterocycles. The van der Waals surface area contributed by atoms with Crippen LogP contribution in [0.1, 0.15) is 47.0 Å². The van der Waals surface area contributed by atoms with Gasteiger partial charge in [0.25, 0.3) is 0 Å². The van der Waals surface area contributed by atoms with Crippen molar-refractivity contribution in [3.63, 3.8) is 0 Å². The molecule has 2 amide bonds. The zero-order chi connectivity index (χ0) is 16.4. The van der Waals surface area contributed by atoms with Crippen LogP contribution in [-0.4, -0.2) is 23.1 Å². The van der Waals surface area contributed by atoms with E-state index < -0.39 is 0 Å². The summed E-state index contributed by atoms with van der Waals surface area (Å²) in [5, 5.41) is 6.90. The summed E-state index contributed by atoms with van der Waals surface area (Å²) < 4.78 is 5.14. The van der Waals surface area contributed by atoms with Gasteiger partial charge in [-0.1, -0.05) is 29.4 Å². The lowest BCUT2D eigenvalue weighted by Crippen LogP contribution is -2.40. The van der Waals surface area contributed by atoms with E-state index in [1.165, 1.54) is 11.1 Å². The van der Waals surface area contributed by atoms with Crippen LogP contribution in [0.15, 0.2) is 28.8 Å². The van der Waals surface area contributed by atoms with Crippen molar-refractivity contribution in [2.45, 2.75) is 45.7 Å². The highest BCUT2D eigenvalue weighted by Crippen LogP contribution is 2.33. The molecule has 5 nitrogen and oxygen atoms in total. The van der Waals surface area contributed by atoms with Gasteiger partial charge in [-0.3, -0.25) is 0 Å². The van der Waals surface area contributed by atoms with Gasteiger partial charge in [0.1, 0.15) is 5.76 Å². The summed E-state index contributed by atoms with van der Waals surface area (Å²) in [4.78, 5) is 14.3. The maximum Gasteiger partial charge on any atom is 0.317 e. The highest BCUT2D eigenvalue weighted by Gasteiger charge is 2.26. The topological polar surface area (TPSA) is 58.4 Å². The van der Waals surface area contributed by atoms with Gasteiger partial charge in [-0.25, -0.2) is 4.79 Å². The molecular weight excluding hydrogens is 290 g/mol. The van der Waals surface area contributed by atoms with Gasteiger partial charge in [-0.05, 0) is 44.2 Å². The molecule has 1 aliphatic rings. The first-order valence-corrected chi connectivity index (χ1v) is 8.08. The van der Waals surface area contributed by atoms with Crippen LogP contribution < -0.4 is 5.32 Å². The van der Waals surface area contributed by atoms with E-state index in [1.807, 2.05) is 31.9 Å². The van der Waals surface area contributed by atoms with E-state index in [-0.39, 0.29) is 12.1 Å². The predicted molar refractivity (Wildman–Crippen MR) is 88.1 cm³/mol. The summed E-state index contributed by atoms with van der Waals surface area (Å²) >= 11 is 0. The Bertz CT molecular complexity index is 689. The third-order valence-electron chi connectivity index (χ3n) is 4.72. The Morgan fingerprint density at radius 1 is 1.39 bits per heavy atom. The van der Waals surface area contributed by atoms with Gasteiger partial charge >= 0.3 is 6.03 Å². The van der Waals surface area contributed by atoms with Gasteiger partial charge in [-0.2, -0.15) is 0 Å². The fourth-order valence-electron chi connectivity index (χ4n) is 3.32. The molecule has 0 aliphatic heterocycles. The first-order chi connectivity index (χ1) is 11.1. The minimum Gasteiger partial charge on any atom is -0.361 e. The zero-order valence-corrected chi connectivity index (χ0v) is 13.9. The lowest BCUT2D eigenvalue weighted by Gasteiger charge is -2.33. The van der Waals surface area contributed by atoms with E-state index in [9.17, 15) is 4.79 Å². The van der Waals surface area contributed by atoms with Crippen LogP contribution in [0.4, 0.5) is 4.79 Å². The Labute approximate surface area is 136 Å². The monoisotopic (exact) mass is 313 g/mol. The number of nitrogens with one attached hydrogen (secondary N) is 1. The number of hydrogen-bond acceptors (Lipinski definition) is 3. The van der Waals surface area contributed by atoms with E-state index >= 15 is 0 Å². The van der Waals surface area contributed by atoms with Gasteiger partial charge in [0.05, 0.1) is 11.7 Å². The number of urea groups is 1. The molecule has 2 aromatic rings. The zero-order valence-electron chi connectivity index (χ0n) is 13.9. The van der Waals surface area contributed by atoms with Crippen molar-refractivity contribution in [2.24, 2.45) is 0 Å². The summed E-state index contributed by atoms with van der Waals surface area (Å²) in [5.41, 5.74) is 4.41. The molecule has 0 bridgehead atoms. The lowest BCUT2D eigenvalue weighted by atomic mass is 9.87. The van der Waals surface area contributed by atoms with Crippen molar-refractivity contribution >= 4 is 6.03 Å². The number of rotatable bonds is 3. The van der Waals surface area contributed by atoms with Crippen LogP contribution in [-0.2, 0) is 13.0 Å². The largest absolute Gasteiger partial charge is 0.361 e. The summed E-state index contributed by atoms with van der Waals surface area (Å²) in [6.45, 7) is 4.19. The smallest absolute Gasteiger partial charge is 0.317 e. The second-order valence-electron chi connectivity index (χ2n) is 6.18. The number of benzene rings is 1. The van der Waals surface area contributed by atoms with Gasteiger partial charge in [0.15, 0.2) is 0 Å². The quantitative estimate of drug-likeness (QED) is 0.943. The van der Waals surface area contributed by atoms with Crippen molar-refractivity contribution in [1.82, 2.24) is 15.4 Å². The summed E-state index contributed by atoms with van der Waals surface area (Å²) in [7, 11) is 1.87. The van der Waals surface area contributed by atoms with Crippen LogP contribution in [0.2, 0.25) is 0 Å². The number of aryl methyl sites for hydroxylation is 3. The highest BCUT2D eigenvalue weighted by molar-refractivity contribution is 5.74. The fraction of sp³-hybridized carbons (Fsp3) is 0.444. The van der Waals surface area contributed by atoms with Crippen LogP contribution in [0, 0.1) is 13.8 Å². The van der Waals surface area contributed by atoms with Crippen molar-refractivity contribution < 1.29 is 9.32 Å². The SMILES string of the molecule is Cc1noc(C)c1CNC(=O)N(C)[C@@H]1CCCc2ccccc21. The second kappa shape index (κ2) is 6.44. The van der Waals surface area contributed by atoms with Crippen LogP contribution >= 0.6 is 0 Å².